The van der Waals surface area contributed by atoms with Gasteiger partial charge in [0, 0.05) is 12.2 Å². The SMILES string of the molecule is COc1cccc(CSc2nnc(CCN)n2Cc2ccccc2)c1. The third-order valence-electron chi connectivity index (χ3n) is 3.85. The van der Waals surface area contributed by atoms with Crippen molar-refractivity contribution in [2.24, 2.45) is 5.73 Å². The minimum atomic E-state index is 0.563. The molecule has 0 fully saturated rings. The van der Waals surface area contributed by atoms with Crippen molar-refractivity contribution >= 4 is 11.8 Å². The Labute approximate surface area is 152 Å². The van der Waals surface area contributed by atoms with E-state index in [1.807, 2.05) is 36.4 Å². The topological polar surface area (TPSA) is 66.0 Å². The molecule has 0 bridgehead atoms. The third kappa shape index (κ3) is 4.61. The van der Waals surface area contributed by atoms with Gasteiger partial charge in [0.05, 0.1) is 13.7 Å². The number of methoxy groups -OCH3 is 1. The molecular weight excluding hydrogens is 332 g/mol. The van der Waals surface area contributed by atoms with Crippen molar-refractivity contribution in [1.82, 2.24) is 14.8 Å². The molecule has 0 radical (unpaired) electrons. The summed E-state index contributed by atoms with van der Waals surface area (Å²) < 4.78 is 7.45. The smallest absolute Gasteiger partial charge is 0.191 e. The average molecular weight is 354 g/mol. The molecule has 0 aliphatic rings. The summed E-state index contributed by atoms with van der Waals surface area (Å²) in [5, 5.41) is 9.63. The summed E-state index contributed by atoms with van der Waals surface area (Å²) in [6, 6.07) is 18.4. The van der Waals surface area contributed by atoms with Crippen LogP contribution in [0.25, 0.3) is 0 Å². The molecule has 2 N–H and O–H groups in total. The molecular formula is C19H22N4OS. The van der Waals surface area contributed by atoms with E-state index in [4.69, 9.17) is 10.5 Å². The average Bonchev–Trinajstić information content (AvgIpc) is 3.03. The van der Waals surface area contributed by atoms with Crippen molar-refractivity contribution in [2.45, 2.75) is 23.9 Å². The van der Waals surface area contributed by atoms with E-state index in [0.29, 0.717) is 6.54 Å². The van der Waals surface area contributed by atoms with Crippen LogP contribution in [0, 0.1) is 0 Å². The number of nitrogens with zero attached hydrogens (tertiary/aromatic N) is 3. The predicted molar refractivity (Wildman–Crippen MR) is 101 cm³/mol. The number of aromatic nitrogens is 3. The summed E-state index contributed by atoms with van der Waals surface area (Å²) in [5.41, 5.74) is 8.15. The monoisotopic (exact) mass is 354 g/mol. The zero-order valence-corrected chi connectivity index (χ0v) is 15.1. The summed E-state index contributed by atoms with van der Waals surface area (Å²) in [6.45, 7) is 1.32. The van der Waals surface area contributed by atoms with Gasteiger partial charge >= 0.3 is 0 Å². The fraction of sp³-hybridized carbons (Fsp3) is 0.263. The molecule has 5 nitrogen and oxygen atoms in total. The second-order valence-electron chi connectivity index (χ2n) is 5.65. The van der Waals surface area contributed by atoms with Gasteiger partial charge in [-0.2, -0.15) is 0 Å². The van der Waals surface area contributed by atoms with E-state index in [0.717, 1.165) is 35.4 Å². The number of benzene rings is 2. The van der Waals surface area contributed by atoms with Gasteiger partial charge in [0.15, 0.2) is 5.16 Å². The van der Waals surface area contributed by atoms with Crippen molar-refractivity contribution in [3.63, 3.8) is 0 Å². The van der Waals surface area contributed by atoms with Crippen LogP contribution in [0.3, 0.4) is 0 Å². The Hall–Kier alpha value is -2.31. The van der Waals surface area contributed by atoms with Gasteiger partial charge in [-0.25, -0.2) is 0 Å². The molecule has 0 aliphatic carbocycles. The number of nitrogens with two attached hydrogens (primary N) is 1. The molecule has 0 amide bonds. The summed E-state index contributed by atoms with van der Waals surface area (Å²) in [7, 11) is 1.68. The molecule has 1 heterocycles. The Bertz CT molecular complexity index is 804. The lowest BCUT2D eigenvalue weighted by atomic mass is 10.2. The van der Waals surface area contributed by atoms with Crippen LogP contribution >= 0.6 is 11.8 Å². The highest BCUT2D eigenvalue weighted by Gasteiger charge is 2.13. The molecule has 130 valence electrons. The summed E-state index contributed by atoms with van der Waals surface area (Å²) in [4.78, 5) is 0. The quantitative estimate of drug-likeness (QED) is 0.630. The Morgan fingerprint density at radius 2 is 1.84 bits per heavy atom. The maximum absolute atomic E-state index is 5.73. The Kier molecular flexibility index (Phi) is 6.09. The lowest BCUT2D eigenvalue weighted by Gasteiger charge is -2.10. The van der Waals surface area contributed by atoms with E-state index in [1.54, 1.807) is 18.9 Å². The van der Waals surface area contributed by atoms with Crippen LogP contribution in [0.4, 0.5) is 0 Å². The van der Waals surface area contributed by atoms with E-state index in [1.165, 1.54) is 11.1 Å². The van der Waals surface area contributed by atoms with E-state index in [9.17, 15) is 0 Å². The third-order valence-corrected chi connectivity index (χ3v) is 4.88. The van der Waals surface area contributed by atoms with E-state index in [2.05, 4.69) is 33.0 Å². The highest BCUT2D eigenvalue weighted by Crippen LogP contribution is 2.25. The largest absolute Gasteiger partial charge is 0.497 e. The first-order valence-corrected chi connectivity index (χ1v) is 9.20. The van der Waals surface area contributed by atoms with E-state index in [-0.39, 0.29) is 0 Å². The minimum Gasteiger partial charge on any atom is -0.497 e. The molecule has 2 aromatic carbocycles. The molecule has 0 saturated heterocycles. The molecule has 6 heteroatoms. The molecule has 0 aliphatic heterocycles. The summed E-state index contributed by atoms with van der Waals surface area (Å²) >= 11 is 1.68. The lowest BCUT2D eigenvalue weighted by Crippen LogP contribution is -2.11. The molecule has 0 atom stereocenters. The van der Waals surface area contributed by atoms with Gasteiger partial charge in [0.2, 0.25) is 0 Å². The Morgan fingerprint density at radius 3 is 2.60 bits per heavy atom. The van der Waals surface area contributed by atoms with Crippen molar-refractivity contribution < 1.29 is 4.74 Å². The molecule has 0 saturated carbocycles. The second kappa shape index (κ2) is 8.69. The van der Waals surface area contributed by atoms with Crippen molar-refractivity contribution in [1.29, 1.82) is 0 Å². The maximum Gasteiger partial charge on any atom is 0.191 e. The Balaban J connectivity index is 1.78. The number of ether oxygens (including phenoxy) is 1. The van der Waals surface area contributed by atoms with Crippen LogP contribution in [0.15, 0.2) is 59.8 Å². The van der Waals surface area contributed by atoms with Gasteiger partial charge in [-0.1, -0.05) is 54.2 Å². The van der Waals surface area contributed by atoms with Crippen molar-refractivity contribution in [3.8, 4) is 5.75 Å². The van der Waals surface area contributed by atoms with Gasteiger partial charge in [0.25, 0.3) is 0 Å². The maximum atomic E-state index is 5.73. The van der Waals surface area contributed by atoms with Crippen LogP contribution in [-0.2, 0) is 18.7 Å². The van der Waals surface area contributed by atoms with Crippen LogP contribution in [0.5, 0.6) is 5.75 Å². The number of hydrogen-bond acceptors (Lipinski definition) is 5. The van der Waals surface area contributed by atoms with Gasteiger partial charge < -0.3 is 15.0 Å². The lowest BCUT2D eigenvalue weighted by molar-refractivity contribution is 0.414. The fourth-order valence-electron chi connectivity index (χ4n) is 2.57. The molecule has 25 heavy (non-hydrogen) atoms. The standard InChI is InChI=1S/C19H22N4OS/c1-24-17-9-5-8-16(12-17)14-25-19-22-21-18(10-11-20)23(19)13-15-6-3-2-4-7-15/h2-9,12H,10-11,13-14,20H2,1H3. The molecule has 3 rings (SSSR count). The molecule has 3 aromatic rings. The van der Waals surface area contributed by atoms with Crippen molar-refractivity contribution in [3.05, 3.63) is 71.5 Å². The number of thioether (sulfide) groups is 1. The first-order chi connectivity index (χ1) is 12.3. The van der Waals surface area contributed by atoms with Gasteiger partial charge in [-0.05, 0) is 29.8 Å². The van der Waals surface area contributed by atoms with Crippen LogP contribution in [0.1, 0.15) is 17.0 Å². The molecule has 0 unspecified atom stereocenters. The zero-order chi connectivity index (χ0) is 17.5. The van der Waals surface area contributed by atoms with Crippen LogP contribution in [-0.4, -0.2) is 28.4 Å². The van der Waals surface area contributed by atoms with Crippen LogP contribution < -0.4 is 10.5 Å². The van der Waals surface area contributed by atoms with Gasteiger partial charge in [-0.15, -0.1) is 10.2 Å². The number of hydrogen-bond donors (Lipinski definition) is 1. The zero-order valence-electron chi connectivity index (χ0n) is 14.3. The fourth-order valence-corrected chi connectivity index (χ4v) is 3.47. The van der Waals surface area contributed by atoms with E-state index < -0.39 is 0 Å². The molecule has 0 spiro atoms. The summed E-state index contributed by atoms with van der Waals surface area (Å²) in [5.74, 6) is 2.61. The first kappa shape index (κ1) is 17.5. The van der Waals surface area contributed by atoms with Gasteiger partial charge in [-0.3, -0.25) is 0 Å². The predicted octanol–water partition coefficient (Wildman–Crippen LogP) is 3.13. The van der Waals surface area contributed by atoms with E-state index >= 15 is 0 Å². The van der Waals surface area contributed by atoms with Crippen molar-refractivity contribution in [2.75, 3.05) is 13.7 Å². The highest BCUT2D eigenvalue weighted by atomic mass is 32.2. The van der Waals surface area contributed by atoms with Gasteiger partial charge in [0.1, 0.15) is 11.6 Å². The minimum absolute atomic E-state index is 0.563. The van der Waals surface area contributed by atoms with Crippen LogP contribution in [0.2, 0.25) is 0 Å². The second-order valence-corrected chi connectivity index (χ2v) is 6.59. The normalized spacial score (nSPS) is 10.8. The molecule has 1 aromatic heterocycles. The summed E-state index contributed by atoms with van der Waals surface area (Å²) in [6.07, 6.45) is 0.722. The first-order valence-electron chi connectivity index (χ1n) is 8.22. The number of rotatable bonds is 8. The highest BCUT2D eigenvalue weighted by molar-refractivity contribution is 7.98. The Morgan fingerprint density at radius 1 is 1.04 bits per heavy atom.